The maximum absolute atomic E-state index is 14.2. The van der Waals surface area contributed by atoms with E-state index < -0.39 is 22.5 Å². The highest BCUT2D eigenvalue weighted by atomic mass is 16.5. The first-order valence-electron chi connectivity index (χ1n) is 11.1. The van der Waals surface area contributed by atoms with Crippen molar-refractivity contribution in [3.8, 4) is 0 Å². The van der Waals surface area contributed by atoms with Gasteiger partial charge in [0.15, 0.2) is 0 Å². The number of aliphatic hydroxyl groups excluding tert-OH is 1. The predicted molar refractivity (Wildman–Crippen MR) is 110 cm³/mol. The van der Waals surface area contributed by atoms with Crippen LogP contribution in [0.15, 0.2) is 11.1 Å². The number of carbonyl (C=O) groups excluding carboxylic acids is 1. The predicted octanol–water partition coefficient (Wildman–Crippen LogP) is 3.13. The van der Waals surface area contributed by atoms with E-state index in [0.29, 0.717) is 19.4 Å². The zero-order valence-electron chi connectivity index (χ0n) is 19.2. The second kappa shape index (κ2) is 6.15. The number of Topliss-reactive ketones (excluding diaryl/α,β-unsaturated/α-hetero) is 1. The molecule has 0 amide bonds. The van der Waals surface area contributed by atoms with Gasteiger partial charge in [0.25, 0.3) is 0 Å². The lowest BCUT2D eigenvalue weighted by molar-refractivity contribution is -0.303. The molecule has 1 saturated heterocycles. The van der Waals surface area contributed by atoms with Gasteiger partial charge >= 0.3 is 0 Å². The zero-order chi connectivity index (χ0) is 21.7. The third-order valence-corrected chi connectivity index (χ3v) is 9.86. The van der Waals surface area contributed by atoms with Crippen LogP contribution >= 0.6 is 0 Å². The summed E-state index contributed by atoms with van der Waals surface area (Å²) >= 11 is 0. The highest BCUT2D eigenvalue weighted by Gasteiger charge is 2.72. The Labute approximate surface area is 174 Å². The fraction of sp³-hybridized carbons (Fsp3) is 0.875. The number of ether oxygens (including phenoxy) is 2. The molecule has 164 valence electrons. The van der Waals surface area contributed by atoms with E-state index in [4.69, 9.17) is 9.47 Å². The van der Waals surface area contributed by atoms with Crippen LogP contribution in [0.5, 0.6) is 0 Å². The summed E-state index contributed by atoms with van der Waals surface area (Å²) in [6.45, 7) is 14.9. The molecule has 0 aromatic heterocycles. The lowest BCUT2D eigenvalue weighted by atomic mass is 9.40. The number of hydrogen-bond acceptors (Lipinski definition) is 5. The molecule has 1 aliphatic heterocycles. The lowest BCUT2D eigenvalue weighted by Crippen LogP contribution is -2.74. The highest BCUT2D eigenvalue weighted by molar-refractivity contribution is 5.91. The van der Waals surface area contributed by atoms with Crippen molar-refractivity contribution in [3.63, 3.8) is 0 Å². The normalized spacial score (nSPS) is 54.1. The van der Waals surface area contributed by atoms with Crippen LogP contribution < -0.4 is 0 Å². The largest absolute Gasteiger partial charge is 0.389 e. The SMILES string of the molecule is CO[C@H]1C[C@H]2OC[C@@]2(C)[C@H]2[C@H](C)[C@]3(O)C[C@H](O)C(C)=C([C@@H](C)C(=O)[C@]12C)C3(C)C. The molecule has 5 nitrogen and oxygen atoms in total. The van der Waals surface area contributed by atoms with Crippen molar-refractivity contribution in [1.82, 2.24) is 0 Å². The van der Waals surface area contributed by atoms with E-state index in [0.717, 1.165) is 11.1 Å². The van der Waals surface area contributed by atoms with E-state index >= 15 is 0 Å². The molecular formula is C24H38O5. The van der Waals surface area contributed by atoms with Crippen LogP contribution in [0.25, 0.3) is 0 Å². The van der Waals surface area contributed by atoms with E-state index in [9.17, 15) is 15.0 Å². The van der Waals surface area contributed by atoms with Crippen molar-refractivity contribution in [2.75, 3.05) is 13.7 Å². The number of hydrogen-bond donors (Lipinski definition) is 2. The van der Waals surface area contributed by atoms with Crippen molar-refractivity contribution < 1.29 is 24.5 Å². The minimum Gasteiger partial charge on any atom is -0.389 e. The van der Waals surface area contributed by atoms with Gasteiger partial charge < -0.3 is 19.7 Å². The summed E-state index contributed by atoms with van der Waals surface area (Å²) in [7, 11) is 1.68. The molecule has 0 aromatic rings. The van der Waals surface area contributed by atoms with Crippen molar-refractivity contribution in [2.45, 2.75) is 85.2 Å². The summed E-state index contributed by atoms with van der Waals surface area (Å²) in [4.78, 5) is 14.2. The van der Waals surface area contributed by atoms with Gasteiger partial charge in [0.1, 0.15) is 5.78 Å². The Balaban J connectivity index is 2.02. The molecule has 29 heavy (non-hydrogen) atoms. The van der Waals surface area contributed by atoms with Crippen molar-refractivity contribution in [1.29, 1.82) is 0 Å². The van der Waals surface area contributed by atoms with E-state index in [2.05, 4.69) is 20.8 Å². The minimum atomic E-state index is -1.12. The molecule has 3 aliphatic carbocycles. The Bertz CT molecular complexity index is 771. The molecular weight excluding hydrogens is 368 g/mol. The van der Waals surface area contributed by atoms with Crippen LogP contribution in [0.2, 0.25) is 0 Å². The third-order valence-electron chi connectivity index (χ3n) is 9.86. The Hall–Kier alpha value is -0.750. The van der Waals surface area contributed by atoms with Crippen LogP contribution in [0.3, 0.4) is 0 Å². The van der Waals surface area contributed by atoms with Crippen LogP contribution in [0, 0.1) is 34.0 Å². The number of rotatable bonds is 1. The van der Waals surface area contributed by atoms with Gasteiger partial charge in [-0.1, -0.05) is 34.6 Å². The molecule has 4 aliphatic rings. The van der Waals surface area contributed by atoms with Gasteiger partial charge in [-0.05, 0) is 36.8 Å². The minimum absolute atomic E-state index is 0.0347. The standard InChI is InChI=1S/C24H38O5/c1-12-15(25)10-24(27)14(3)19-22(6)11-29-16(22)9-17(28-8)23(19,7)20(26)13(2)18(12)21(24,4)5/h13-17,19,25,27H,9-11H2,1-8H3/t13-,14+,15+,16-,17+,19-,22-,23-,24-/m1/s1. The molecule has 3 fully saturated rings. The smallest absolute Gasteiger partial charge is 0.148 e. The lowest BCUT2D eigenvalue weighted by Gasteiger charge is -2.69. The first kappa shape index (κ1) is 21.5. The Kier molecular flexibility index (Phi) is 4.56. The van der Waals surface area contributed by atoms with Gasteiger partial charge in [0.05, 0.1) is 35.9 Å². The van der Waals surface area contributed by atoms with E-state index in [1.165, 1.54) is 0 Å². The maximum atomic E-state index is 14.2. The average Bonchev–Trinajstić information content (AvgIpc) is 2.63. The van der Waals surface area contributed by atoms with Gasteiger partial charge in [-0.25, -0.2) is 0 Å². The summed E-state index contributed by atoms with van der Waals surface area (Å²) in [5.41, 5.74) is -0.897. The topological polar surface area (TPSA) is 76.0 Å². The van der Waals surface area contributed by atoms with Crippen LogP contribution in [0.1, 0.15) is 61.3 Å². The zero-order valence-corrected chi connectivity index (χ0v) is 19.2. The molecule has 2 saturated carbocycles. The summed E-state index contributed by atoms with van der Waals surface area (Å²) in [6.07, 6.45) is 0.0527. The molecule has 5 heteroatoms. The molecule has 0 spiro atoms. The van der Waals surface area contributed by atoms with Gasteiger partial charge in [-0.2, -0.15) is 0 Å². The molecule has 1 heterocycles. The molecule has 9 atom stereocenters. The van der Waals surface area contributed by atoms with Crippen molar-refractivity contribution in [3.05, 3.63) is 11.1 Å². The number of methoxy groups -OCH3 is 1. The van der Waals surface area contributed by atoms with E-state index in [1.54, 1.807) is 7.11 Å². The van der Waals surface area contributed by atoms with Gasteiger partial charge in [-0.3, -0.25) is 4.79 Å². The number of ketones is 1. The number of aliphatic hydroxyl groups is 2. The number of fused-ring (bicyclic) bond motifs is 5. The van der Waals surface area contributed by atoms with Crippen LogP contribution in [-0.2, 0) is 14.3 Å². The quantitative estimate of drug-likeness (QED) is 0.655. The Morgan fingerprint density at radius 1 is 1.17 bits per heavy atom. The first-order chi connectivity index (χ1) is 13.3. The molecule has 0 radical (unpaired) electrons. The Morgan fingerprint density at radius 3 is 2.31 bits per heavy atom. The molecule has 0 aromatic carbocycles. The highest BCUT2D eigenvalue weighted by Crippen LogP contribution is 2.67. The molecule has 2 bridgehead atoms. The summed E-state index contributed by atoms with van der Waals surface area (Å²) in [5, 5.41) is 23.2. The van der Waals surface area contributed by atoms with Crippen LogP contribution in [0.4, 0.5) is 0 Å². The molecule has 4 rings (SSSR count). The van der Waals surface area contributed by atoms with Crippen LogP contribution in [-0.4, -0.2) is 53.6 Å². The summed E-state index contributed by atoms with van der Waals surface area (Å²) in [6, 6.07) is 0. The fourth-order valence-electron chi connectivity index (χ4n) is 8.28. The summed E-state index contributed by atoms with van der Waals surface area (Å²) in [5.74, 6) is -0.512. The van der Waals surface area contributed by atoms with Crippen molar-refractivity contribution in [2.24, 2.45) is 34.0 Å². The number of carbonyl (C=O) groups is 1. The average molecular weight is 407 g/mol. The maximum Gasteiger partial charge on any atom is 0.148 e. The van der Waals surface area contributed by atoms with Crippen molar-refractivity contribution >= 4 is 5.78 Å². The molecule has 0 unspecified atom stereocenters. The van der Waals surface area contributed by atoms with Gasteiger partial charge in [-0.15, -0.1) is 0 Å². The van der Waals surface area contributed by atoms with Gasteiger partial charge in [0.2, 0.25) is 0 Å². The first-order valence-corrected chi connectivity index (χ1v) is 11.1. The third kappa shape index (κ3) is 2.28. The van der Waals surface area contributed by atoms with E-state index in [-0.39, 0.29) is 41.2 Å². The van der Waals surface area contributed by atoms with Gasteiger partial charge in [0, 0.05) is 36.7 Å². The monoisotopic (exact) mass is 406 g/mol. The fourth-order valence-corrected chi connectivity index (χ4v) is 8.28. The summed E-state index contributed by atoms with van der Waals surface area (Å²) < 4.78 is 11.9. The second-order valence-corrected chi connectivity index (χ2v) is 11.3. The molecule has 2 N–H and O–H groups in total. The van der Waals surface area contributed by atoms with E-state index in [1.807, 2.05) is 27.7 Å². The second-order valence-electron chi connectivity index (χ2n) is 11.3. The Morgan fingerprint density at radius 2 is 1.79 bits per heavy atom.